The van der Waals surface area contributed by atoms with E-state index in [1.807, 2.05) is 54.0 Å². The first-order chi connectivity index (χ1) is 16.9. The fourth-order valence-electron chi connectivity index (χ4n) is 4.21. The van der Waals surface area contributed by atoms with Gasteiger partial charge >= 0.3 is 10.0 Å². The smallest absolute Gasteiger partial charge is 0.309 e. The normalized spacial score (nSPS) is 14.9. The summed E-state index contributed by atoms with van der Waals surface area (Å²) in [4.78, 5) is 3.53. The minimum absolute atomic E-state index is 0.359. The minimum atomic E-state index is -3.96. The van der Waals surface area contributed by atoms with Crippen molar-refractivity contribution < 1.29 is 8.42 Å². The molecule has 182 valence electrons. The molecule has 0 atom stereocenters. The van der Waals surface area contributed by atoms with Gasteiger partial charge in [0.25, 0.3) is 0 Å². The van der Waals surface area contributed by atoms with Gasteiger partial charge in [0.1, 0.15) is 5.69 Å². The molecule has 0 radical (unpaired) electrons. The lowest BCUT2D eigenvalue weighted by atomic mass is 10.0. The minimum Gasteiger partial charge on any atom is -0.374 e. The summed E-state index contributed by atoms with van der Waals surface area (Å²) in [5, 5.41) is 9.59. The third kappa shape index (κ3) is 6.22. The maximum absolute atomic E-state index is 12.7. The number of rotatable bonds is 7. The summed E-state index contributed by atoms with van der Waals surface area (Å²) < 4.78 is 26.5. The van der Waals surface area contributed by atoms with Crippen LogP contribution in [0.1, 0.15) is 24.1 Å². The van der Waals surface area contributed by atoms with Gasteiger partial charge in [-0.3, -0.25) is 0 Å². The summed E-state index contributed by atoms with van der Waals surface area (Å²) >= 11 is 1.68. The van der Waals surface area contributed by atoms with E-state index in [1.165, 1.54) is 4.90 Å². The molecule has 6 nitrogen and oxygen atoms in total. The summed E-state index contributed by atoms with van der Waals surface area (Å²) in [6, 6.07) is 16.1. The maximum atomic E-state index is 12.7. The molecule has 0 amide bonds. The van der Waals surface area contributed by atoms with Crippen LogP contribution < -0.4 is 10.6 Å². The van der Waals surface area contributed by atoms with E-state index in [0.29, 0.717) is 23.8 Å². The molecule has 0 aliphatic carbocycles. The van der Waals surface area contributed by atoms with E-state index in [9.17, 15) is 8.42 Å². The van der Waals surface area contributed by atoms with Gasteiger partial charge in [0.2, 0.25) is 0 Å². The highest BCUT2D eigenvalue weighted by Crippen LogP contribution is 2.24. The van der Waals surface area contributed by atoms with Gasteiger partial charge in [0.15, 0.2) is 0 Å². The third-order valence-electron chi connectivity index (χ3n) is 6.21. The third-order valence-corrected chi connectivity index (χ3v) is 8.13. The zero-order chi connectivity index (χ0) is 24.8. The molecule has 1 aromatic heterocycles. The number of piperidine rings is 1. The van der Waals surface area contributed by atoms with Gasteiger partial charge in [-0.15, -0.1) is 18.2 Å². The molecular weight excluding hydrogens is 476 g/mol. The van der Waals surface area contributed by atoms with Crippen molar-refractivity contribution in [3.8, 4) is 23.5 Å². The van der Waals surface area contributed by atoms with E-state index >= 15 is 0 Å². The van der Waals surface area contributed by atoms with Gasteiger partial charge < -0.3 is 15.5 Å². The van der Waals surface area contributed by atoms with Crippen molar-refractivity contribution in [2.24, 2.45) is 0 Å². The topological polar surface area (TPSA) is 66.4 Å². The molecule has 0 saturated carbocycles. The summed E-state index contributed by atoms with van der Waals surface area (Å²) in [6.07, 6.45) is 9.64. The second-order valence-corrected chi connectivity index (χ2v) is 11.1. The largest absolute Gasteiger partial charge is 0.374 e. The Labute approximate surface area is 212 Å². The Balaban J connectivity index is 1.52. The highest BCUT2D eigenvalue weighted by molar-refractivity contribution is 7.98. The van der Waals surface area contributed by atoms with Crippen LogP contribution >= 0.6 is 11.8 Å². The molecule has 2 heterocycles. The van der Waals surface area contributed by atoms with Gasteiger partial charge in [-0.1, -0.05) is 12.0 Å². The molecule has 1 saturated heterocycles. The van der Waals surface area contributed by atoms with E-state index in [-0.39, 0.29) is 0 Å². The number of nitrogens with zero attached hydrogens (tertiary/aromatic N) is 2. The number of hydrogen-bond acceptors (Lipinski definition) is 6. The molecule has 35 heavy (non-hydrogen) atoms. The SMILES string of the molecule is C#CS(=O)(=O)n1c(C#CCNc2ccc(SC)cc2)cc2cc(CNC3CCN(C)CC3)ccc21. The number of thioether (sulfide) groups is 1. The number of benzene rings is 2. The monoisotopic (exact) mass is 506 g/mol. The second kappa shape index (κ2) is 11.2. The molecule has 2 N–H and O–H groups in total. The number of likely N-dealkylation sites (tertiary alicyclic amines) is 1. The molecule has 0 spiro atoms. The molecule has 0 unspecified atom stereocenters. The van der Waals surface area contributed by atoms with Crippen molar-refractivity contribution in [3.63, 3.8) is 0 Å². The van der Waals surface area contributed by atoms with Crippen LogP contribution in [-0.2, 0) is 16.6 Å². The van der Waals surface area contributed by atoms with Crippen LogP contribution in [0.3, 0.4) is 0 Å². The van der Waals surface area contributed by atoms with E-state index in [2.05, 4.69) is 34.4 Å². The fraction of sp³-hybridized carbons (Fsp3) is 0.333. The highest BCUT2D eigenvalue weighted by atomic mass is 32.2. The zero-order valence-corrected chi connectivity index (χ0v) is 21.7. The molecular formula is C27H30N4O2S2. The molecule has 8 heteroatoms. The van der Waals surface area contributed by atoms with Crippen LogP contribution in [0, 0.1) is 23.5 Å². The standard InChI is InChI=1S/C27H30N4O2S2/c1-4-35(32,33)31-25(6-5-15-28-23-8-10-26(34-3)11-9-23)19-22-18-21(7-12-27(22)31)20-29-24-13-16-30(2)17-14-24/h1,7-12,18-19,24,28-29H,13-17,20H2,2-3H3. The van der Waals surface area contributed by atoms with Crippen molar-refractivity contribution in [1.82, 2.24) is 14.2 Å². The first-order valence-electron chi connectivity index (χ1n) is 11.6. The number of anilines is 1. The predicted molar refractivity (Wildman–Crippen MR) is 146 cm³/mol. The number of fused-ring (bicyclic) bond motifs is 1. The van der Waals surface area contributed by atoms with E-state index in [0.717, 1.165) is 53.1 Å². The van der Waals surface area contributed by atoms with Gasteiger partial charge in [0.05, 0.1) is 12.1 Å². The van der Waals surface area contributed by atoms with Gasteiger partial charge in [-0.2, -0.15) is 8.42 Å². The molecule has 1 fully saturated rings. The summed E-state index contributed by atoms with van der Waals surface area (Å²) in [5.41, 5.74) is 2.95. The number of hydrogen-bond donors (Lipinski definition) is 2. The van der Waals surface area contributed by atoms with Crippen LogP contribution in [0.2, 0.25) is 0 Å². The van der Waals surface area contributed by atoms with E-state index in [4.69, 9.17) is 6.42 Å². The highest BCUT2D eigenvalue weighted by Gasteiger charge is 2.19. The summed E-state index contributed by atoms with van der Waals surface area (Å²) in [6.45, 7) is 3.31. The average molecular weight is 507 g/mol. The van der Waals surface area contributed by atoms with Gasteiger partial charge in [-0.25, -0.2) is 3.97 Å². The first kappa shape index (κ1) is 25.2. The second-order valence-electron chi connectivity index (χ2n) is 8.65. The fourth-order valence-corrected chi connectivity index (χ4v) is 5.51. The molecule has 4 rings (SSSR count). The predicted octanol–water partition coefficient (Wildman–Crippen LogP) is 3.78. The van der Waals surface area contributed by atoms with Crippen molar-refractivity contribution in [3.05, 3.63) is 59.8 Å². The lowest BCUT2D eigenvalue weighted by Crippen LogP contribution is -2.40. The molecule has 3 aromatic rings. The quantitative estimate of drug-likeness (QED) is 0.376. The lowest BCUT2D eigenvalue weighted by Gasteiger charge is -2.29. The summed E-state index contributed by atoms with van der Waals surface area (Å²) in [7, 11) is -1.81. The Morgan fingerprint density at radius 2 is 1.86 bits per heavy atom. The van der Waals surface area contributed by atoms with Crippen LogP contribution in [0.15, 0.2) is 53.4 Å². The molecule has 1 aliphatic heterocycles. The van der Waals surface area contributed by atoms with E-state index in [1.54, 1.807) is 17.8 Å². The van der Waals surface area contributed by atoms with Crippen LogP contribution in [0.25, 0.3) is 10.9 Å². The molecule has 1 aliphatic rings. The molecule has 2 aromatic carbocycles. The van der Waals surface area contributed by atoms with Crippen LogP contribution in [0.4, 0.5) is 5.69 Å². The molecule has 0 bridgehead atoms. The number of aromatic nitrogens is 1. The summed E-state index contributed by atoms with van der Waals surface area (Å²) in [5.74, 6) is 6.02. The Morgan fingerprint density at radius 1 is 1.11 bits per heavy atom. The number of nitrogens with one attached hydrogen (secondary N) is 2. The van der Waals surface area contributed by atoms with Crippen LogP contribution in [0.5, 0.6) is 0 Å². The first-order valence-corrected chi connectivity index (χ1v) is 14.2. The Bertz CT molecular complexity index is 1390. The maximum Gasteiger partial charge on any atom is 0.309 e. The van der Waals surface area contributed by atoms with Crippen LogP contribution in [-0.4, -0.2) is 56.3 Å². The Morgan fingerprint density at radius 3 is 2.54 bits per heavy atom. The zero-order valence-electron chi connectivity index (χ0n) is 20.0. The lowest BCUT2D eigenvalue weighted by molar-refractivity contribution is 0.234. The number of terminal acetylenes is 1. The van der Waals surface area contributed by atoms with Crippen molar-refractivity contribution in [2.75, 3.05) is 38.3 Å². The van der Waals surface area contributed by atoms with Crippen molar-refractivity contribution in [2.45, 2.75) is 30.3 Å². The average Bonchev–Trinajstić information content (AvgIpc) is 3.25. The Hall–Kier alpha value is -2.88. The Kier molecular flexibility index (Phi) is 8.10. The van der Waals surface area contributed by atoms with Crippen molar-refractivity contribution >= 4 is 38.4 Å². The van der Waals surface area contributed by atoms with Gasteiger partial charge in [0, 0.05) is 33.8 Å². The van der Waals surface area contributed by atoms with E-state index < -0.39 is 10.0 Å². The van der Waals surface area contributed by atoms with Crippen molar-refractivity contribution in [1.29, 1.82) is 0 Å². The van der Waals surface area contributed by atoms with Gasteiger partial charge in [-0.05, 0) is 93.2 Å².